The molecule has 0 bridgehead atoms. The van der Waals surface area contributed by atoms with Crippen molar-refractivity contribution in [2.45, 2.75) is 6.61 Å². The van der Waals surface area contributed by atoms with Crippen molar-refractivity contribution >= 4 is 18.4 Å². The predicted molar refractivity (Wildman–Crippen MR) is 85.4 cm³/mol. The zero-order chi connectivity index (χ0) is 15.2. The Morgan fingerprint density at radius 2 is 2.09 bits per heavy atom. The van der Waals surface area contributed by atoms with Gasteiger partial charge in [0.1, 0.15) is 12.4 Å². The van der Waals surface area contributed by atoms with E-state index < -0.39 is 0 Å². The summed E-state index contributed by atoms with van der Waals surface area (Å²) in [7, 11) is 0. The van der Waals surface area contributed by atoms with Crippen LogP contribution >= 0.6 is 12.2 Å². The number of pyridine rings is 1. The summed E-state index contributed by atoms with van der Waals surface area (Å²) < 4.78 is 7.60. The van der Waals surface area contributed by atoms with Crippen LogP contribution in [0.4, 0.5) is 0 Å². The highest BCUT2D eigenvalue weighted by atomic mass is 32.1. The number of nitrogens with zero attached hydrogens (tertiary/aromatic N) is 4. The van der Waals surface area contributed by atoms with Crippen molar-refractivity contribution in [2.75, 3.05) is 0 Å². The summed E-state index contributed by atoms with van der Waals surface area (Å²) >= 11 is 5.18. The molecule has 3 aromatic rings. The molecule has 6 nitrogen and oxygen atoms in total. The quantitative estimate of drug-likeness (QED) is 0.581. The maximum absolute atomic E-state index is 5.66. The van der Waals surface area contributed by atoms with Gasteiger partial charge in [-0.1, -0.05) is 24.3 Å². The maximum Gasteiger partial charge on any atom is 0.216 e. The minimum Gasteiger partial charge on any atom is -0.486 e. The number of para-hydroxylation sites is 1. The van der Waals surface area contributed by atoms with Gasteiger partial charge in [-0.15, -0.1) is 0 Å². The number of rotatable bonds is 5. The summed E-state index contributed by atoms with van der Waals surface area (Å²) in [5.74, 6) is 1.35. The average molecular weight is 311 g/mol. The monoisotopic (exact) mass is 311 g/mol. The molecule has 0 aliphatic heterocycles. The summed E-state index contributed by atoms with van der Waals surface area (Å²) in [4.78, 5) is 4.03. The molecular weight excluding hydrogens is 298 g/mol. The molecule has 0 aliphatic carbocycles. The van der Waals surface area contributed by atoms with Crippen molar-refractivity contribution < 1.29 is 4.74 Å². The van der Waals surface area contributed by atoms with Gasteiger partial charge in [0.25, 0.3) is 0 Å². The van der Waals surface area contributed by atoms with E-state index in [-0.39, 0.29) is 6.61 Å². The van der Waals surface area contributed by atoms with Gasteiger partial charge in [0.2, 0.25) is 4.77 Å². The molecule has 2 aromatic heterocycles. The third-order valence-corrected chi connectivity index (χ3v) is 3.10. The van der Waals surface area contributed by atoms with E-state index in [1.165, 1.54) is 4.68 Å². The van der Waals surface area contributed by atoms with Crippen LogP contribution in [-0.2, 0) is 6.61 Å². The molecule has 1 aromatic carbocycles. The van der Waals surface area contributed by atoms with E-state index in [0.29, 0.717) is 10.6 Å². The third-order valence-electron chi connectivity index (χ3n) is 2.84. The summed E-state index contributed by atoms with van der Waals surface area (Å²) in [5.41, 5.74) is 0.875. The molecule has 2 heterocycles. The number of aromatic nitrogens is 4. The second kappa shape index (κ2) is 6.77. The van der Waals surface area contributed by atoms with Crippen molar-refractivity contribution in [3.63, 3.8) is 0 Å². The molecule has 0 radical (unpaired) electrons. The van der Waals surface area contributed by atoms with Gasteiger partial charge in [0.15, 0.2) is 5.82 Å². The average Bonchev–Trinajstić information content (AvgIpc) is 2.93. The zero-order valence-corrected chi connectivity index (χ0v) is 12.4. The van der Waals surface area contributed by atoms with Crippen molar-refractivity contribution in [3.8, 4) is 5.75 Å². The summed E-state index contributed by atoms with van der Waals surface area (Å²) in [6, 6.07) is 13.3. The Balaban J connectivity index is 1.76. The van der Waals surface area contributed by atoms with Crippen LogP contribution in [0.1, 0.15) is 11.4 Å². The van der Waals surface area contributed by atoms with E-state index >= 15 is 0 Å². The minimum atomic E-state index is 0.265. The van der Waals surface area contributed by atoms with Crippen LogP contribution in [0, 0.1) is 4.77 Å². The minimum absolute atomic E-state index is 0.265. The van der Waals surface area contributed by atoms with Gasteiger partial charge in [0.05, 0.1) is 6.21 Å². The Morgan fingerprint density at radius 3 is 2.86 bits per heavy atom. The second-order valence-electron chi connectivity index (χ2n) is 4.39. The molecular formula is C15H13N5OS. The van der Waals surface area contributed by atoms with E-state index in [4.69, 9.17) is 17.0 Å². The fourth-order valence-electron chi connectivity index (χ4n) is 1.78. The Hall–Kier alpha value is -2.80. The van der Waals surface area contributed by atoms with Crippen LogP contribution in [0.2, 0.25) is 0 Å². The van der Waals surface area contributed by atoms with Crippen LogP contribution in [0.3, 0.4) is 0 Å². The van der Waals surface area contributed by atoms with Gasteiger partial charge in [-0.2, -0.15) is 14.9 Å². The van der Waals surface area contributed by atoms with Crippen LogP contribution in [-0.4, -0.2) is 26.1 Å². The van der Waals surface area contributed by atoms with E-state index in [1.54, 1.807) is 18.6 Å². The standard InChI is InChI=1S/C15H13N5OS/c22-15-19-18-14(11-21-13-6-2-1-3-7-13)20(15)17-10-12-5-4-8-16-9-12/h1-10H,11H2,(H,19,22)/b17-10-. The summed E-state index contributed by atoms with van der Waals surface area (Å²) in [5, 5.41) is 11.2. The Kier molecular flexibility index (Phi) is 4.35. The largest absolute Gasteiger partial charge is 0.486 e. The highest BCUT2D eigenvalue weighted by Crippen LogP contribution is 2.10. The number of benzene rings is 1. The first-order chi connectivity index (χ1) is 10.8. The first kappa shape index (κ1) is 14.2. The molecule has 1 N–H and O–H groups in total. The highest BCUT2D eigenvalue weighted by molar-refractivity contribution is 7.71. The number of nitrogens with one attached hydrogen (secondary N) is 1. The van der Waals surface area contributed by atoms with Gasteiger partial charge in [-0.3, -0.25) is 4.98 Å². The molecule has 0 amide bonds. The van der Waals surface area contributed by atoms with Crippen molar-refractivity contribution in [3.05, 3.63) is 71.0 Å². The molecule has 0 atom stereocenters. The number of H-pyrrole nitrogens is 1. The lowest BCUT2D eigenvalue weighted by Gasteiger charge is -2.04. The van der Waals surface area contributed by atoms with Gasteiger partial charge < -0.3 is 4.74 Å². The van der Waals surface area contributed by atoms with Crippen molar-refractivity contribution in [1.82, 2.24) is 19.9 Å². The third kappa shape index (κ3) is 3.44. The number of hydrogen-bond donors (Lipinski definition) is 1. The van der Waals surface area contributed by atoms with Crippen LogP contribution in [0.5, 0.6) is 5.75 Å². The molecule has 0 aliphatic rings. The molecule has 3 rings (SSSR count). The smallest absolute Gasteiger partial charge is 0.216 e. The van der Waals surface area contributed by atoms with Gasteiger partial charge >= 0.3 is 0 Å². The lowest BCUT2D eigenvalue weighted by atomic mass is 10.3. The fraction of sp³-hybridized carbons (Fsp3) is 0.0667. The number of hydrogen-bond acceptors (Lipinski definition) is 5. The molecule has 110 valence electrons. The van der Waals surface area contributed by atoms with Crippen LogP contribution in [0.15, 0.2) is 60.0 Å². The van der Waals surface area contributed by atoms with Gasteiger partial charge in [-0.25, -0.2) is 5.10 Å². The molecule has 0 saturated heterocycles. The van der Waals surface area contributed by atoms with E-state index in [0.717, 1.165) is 11.3 Å². The lowest BCUT2D eigenvalue weighted by molar-refractivity contribution is 0.290. The molecule has 7 heteroatoms. The molecule has 22 heavy (non-hydrogen) atoms. The maximum atomic E-state index is 5.66. The highest BCUT2D eigenvalue weighted by Gasteiger charge is 2.05. The Labute approximate surface area is 132 Å². The summed E-state index contributed by atoms with van der Waals surface area (Å²) in [6.07, 6.45) is 5.09. The van der Waals surface area contributed by atoms with E-state index in [2.05, 4.69) is 20.3 Å². The van der Waals surface area contributed by atoms with Crippen LogP contribution in [0.25, 0.3) is 0 Å². The first-order valence-electron chi connectivity index (χ1n) is 6.61. The zero-order valence-electron chi connectivity index (χ0n) is 11.6. The number of ether oxygens (including phenoxy) is 1. The van der Waals surface area contributed by atoms with Gasteiger partial charge in [0, 0.05) is 18.0 Å². The topological polar surface area (TPSA) is 68.1 Å². The number of aromatic amines is 1. The predicted octanol–water partition coefficient (Wildman–Crippen LogP) is 2.80. The van der Waals surface area contributed by atoms with E-state index in [1.807, 2.05) is 42.5 Å². The van der Waals surface area contributed by atoms with Crippen molar-refractivity contribution in [1.29, 1.82) is 0 Å². The van der Waals surface area contributed by atoms with Crippen LogP contribution < -0.4 is 4.74 Å². The molecule has 0 spiro atoms. The van der Waals surface area contributed by atoms with Crippen molar-refractivity contribution in [2.24, 2.45) is 5.10 Å². The van der Waals surface area contributed by atoms with Gasteiger partial charge in [-0.05, 0) is 30.4 Å². The first-order valence-corrected chi connectivity index (χ1v) is 7.02. The second-order valence-corrected chi connectivity index (χ2v) is 4.78. The lowest BCUT2D eigenvalue weighted by Crippen LogP contribution is -2.04. The van der Waals surface area contributed by atoms with E-state index in [9.17, 15) is 0 Å². The fourth-order valence-corrected chi connectivity index (χ4v) is 1.98. The summed E-state index contributed by atoms with van der Waals surface area (Å²) in [6.45, 7) is 0.265. The Morgan fingerprint density at radius 1 is 1.23 bits per heavy atom. The molecule has 0 saturated carbocycles. The molecule has 0 fully saturated rings. The Bertz CT molecular complexity index is 811. The molecule has 0 unspecified atom stereocenters. The normalized spacial score (nSPS) is 10.9. The SMILES string of the molecule is S=c1[nH]nc(COc2ccccc2)n1/N=C\c1cccnc1.